The standard InChI is InChI=1S/C16H27N3S/c1-12(2)19(4)11-6-5-10-18-15-13(3)8-7-9-14(15)16(17)20/h7-9,12,18H,5-6,10-11H2,1-4H3,(H2,17,20). The van der Waals surface area contributed by atoms with E-state index in [4.69, 9.17) is 18.0 Å². The van der Waals surface area contributed by atoms with Crippen LogP contribution in [0.4, 0.5) is 5.69 Å². The summed E-state index contributed by atoms with van der Waals surface area (Å²) in [6.07, 6.45) is 2.33. The molecule has 0 unspecified atom stereocenters. The Bertz CT molecular complexity index is 443. The van der Waals surface area contributed by atoms with Gasteiger partial charge in [-0.05, 0) is 58.8 Å². The Hall–Kier alpha value is -1.13. The highest BCUT2D eigenvalue weighted by molar-refractivity contribution is 7.80. The molecule has 1 rings (SSSR count). The highest BCUT2D eigenvalue weighted by Crippen LogP contribution is 2.20. The third-order valence-corrected chi connectivity index (χ3v) is 3.88. The lowest BCUT2D eigenvalue weighted by Crippen LogP contribution is -2.27. The van der Waals surface area contributed by atoms with Crippen LogP contribution >= 0.6 is 12.2 Å². The van der Waals surface area contributed by atoms with Gasteiger partial charge in [-0.2, -0.15) is 0 Å². The number of hydrogen-bond donors (Lipinski definition) is 2. The molecule has 0 amide bonds. The molecule has 1 aromatic carbocycles. The fraction of sp³-hybridized carbons (Fsp3) is 0.562. The monoisotopic (exact) mass is 293 g/mol. The number of anilines is 1. The van der Waals surface area contributed by atoms with Crippen molar-refractivity contribution in [3.05, 3.63) is 29.3 Å². The molecule has 3 N–H and O–H groups in total. The van der Waals surface area contributed by atoms with E-state index >= 15 is 0 Å². The zero-order valence-electron chi connectivity index (χ0n) is 13.1. The summed E-state index contributed by atoms with van der Waals surface area (Å²) < 4.78 is 0. The van der Waals surface area contributed by atoms with Crippen LogP contribution in [0.25, 0.3) is 0 Å². The largest absolute Gasteiger partial charge is 0.389 e. The summed E-state index contributed by atoms with van der Waals surface area (Å²) in [7, 11) is 2.17. The molecule has 0 bridgehead atoms. The summed E-state index contributed by atoms with van der Waals surface area (Å²) in [5.74, 6) is 0. The van der Waals surface area contributed by atoms with E-state index in [0.29, 0.717) is 11.0 Å². The van der Waals surface area contributed by atoms with E-state index in [-0.39, 0.29) is 0 Å². The number of para-hydroxylation sites is 1. The van der Waals surface area contributed by atoms with E-state index in [9.17, 15) is 0 Å². The van der Waals surface area contributed by atoms with Gasteiger partial charge in [0.25, 0.3) is 0 Å². The summed E-state index contributed by atoms with van der Waals surface area (Å²) in [5, 5.41) is 3.48. The summed E-state index contributed by atoms with van der Waals surface area (Å²) in [4.78, 5) is 2.82. The van der Waals surface area contributed by atoms with Gasteiger partial charge in [-0.25, -0.2) is 0 Å². The highest BCUT2D eigenvalue weighted by Gasteiger charge is 2.07. The maximum atomic E-state index is 5.77. The molecule has 0 atom stereocenters. The quantitative estimate of drug-likeness (QED) is 0.570. The Morgan fingerprint density at radius 1 is 1.35 bits per heavy atom. The average molecular weight is 293 g/mol. The van der Waals surface area contributed by atoms with E-state index in [0.717, 1.165) is 30.8 Å². The van der Waals surface area contributed by atoms with E-state index < -0.39 is 0 Å². The number of aryl methyl sites for hydroxylation is 1. The number of nitrogens with two attached hydrogens (primary N) is 1. The molecule has 0 saturated heterocycles. The van der Waals surface area contributed by atoms with Gasteiger partial charge in [0.1, 0.15) is 4.99 Å². The maximum absolute atomic E-state index is 5.77. The van der Waals surface area contributed by atoms with Crippen LogP contribution in [-0.4, -0.2) is 36.1 Å². The molecule has 1 aromatic rings. The van der Waals surface area contributed by atoms with Crippen molar-refractivity contribution in [2.24, 2.45) is 5.73 Å². The van der Waals surface area contributed by atoms with Crippen LogP contribution in [-0.2, 0) is 0 Å². The van der Waals surface area contributed by atoms with Crippen molar-refractivity contribution in [3.63, 3.8) is 0 Å². The Morgan fingerprint density at radius 3 is 2.65 bits per heavy atom. The van der Waals surface area contributed by atoms with E-state index in [1.54, 1.807) is 0 Å². The number of nitrogens with zero attached hydrogens (tertiary/aromatic N) is 1. The maximum Gasteiger partial charge on any atom is 0.106 e. The van der Waals surface area contributed by atoms with Gasteiger partial charge in [0.15, 0.2) is 0 Å². The van der Waals surface area contributed by atoms with Crippen molar-refractivity contribution < 1.29 is 0 Å². The van der Waals surface area contributed by atoms with Gasteiger partial charge in [0.2, 0.25) is 0 Å². The molecular formula is C16H27N3S. The second-order valence-corrected chi connectivity index (χ2v) is 6.01. The molecule has 20 heavy (non-hydrogen) atoms. The lowest BCUT2D eigenvalue weighted by atomic mass is 10.1. The molecule has 0 aliphatic rings. The highest BCUT2D eigenvalue weighted by atomic mass is 32.1. The molecule has 0 radical (unpaired) electrons. The van der Waals surface area contributed by atoms with Gasteiger partial charge in [-0.1, -0.05) is 24.4 Å². The van der Waals surface area contributed by atoms with Gasteiger partial charge < -0.3 is 16.0 Å². The molecule has 112 valence electrons. The summed E-state index contributed by atoms with van der Waals surface area (Å²) in [5.41, 5.74) is 8.99. The number of unbranched alkanes of at least 4 members (excludes halogenated alkanes) is 1. The molecule has 0 aliphatic carbocycles. The second kappa shape index (κ2) is 8.22. The first-order chi connectivity index (χ1) is 9.43. The predicted octanol–water partition coefficient (Wildman–Crippen LogP) is 3.16. The minimum atomic E-state index is 0.454. The van der Waals surface area contributed by atoms with Gasteiger partial charge in [-0.3, -0.25) is 0 Å². The van der Waals surface area contributed by atoms with Crippen LogP contribution in [0.15, 0.2) is 18.2 Å². The molecule has 4 heteroatoms. The van der Waals surface area contributed by atoms with Crippen molar-refractivity contribution in [1.29, 1.82) is 0 Å². The summed E-state index contributed by atoms with van der Waals surface area (Å²) in [6.45, 7) is 8.61. The minimum absolute atomic E-state index is 0.454. The number of hydrogen-bond acceptors (Lipinski definition) is 3. The van der Waals surface area contributed by atoms with Gasteiger partial charge in [0.05, 0.1) is 0 Å². The topological polar surface area (TPSA) is 41.3 Å². The van der Waals surface area contributed by atoms with Crippen molar-refractivity contribution in [2.45, 2.75) is 39.7 Å². The summed E-state index contributed by atoms with van der Waals surface area (Å²) in [6, 6.07) is 6.66. The normalized spacial score (nSPS) is 11.1. The first kappa shape index (κ1) is 16.9. The lowest BCUT2D eigenvalue weighted by Gasteiger charge is -2.21. The molecule has 0 aromatic heterocycles. The van der Waals surface area contributed by atoms with Gasteiger partial charge >= 0.3 is 0 Å². The first-order valence-corrected chi connectivity index (χ1v) is 7.67. The van der Waals surface area contributed by atoms with Crippen LogP contribution in [0.3, 0.4) is 0 Å². The number of thiocarbonyl (C=S) groups is 1. The molecule has 0 heterocycles. The SMILES string of the molecule is Cc1cccc(C(N)=S)c1NCCCCN(C)C(C)C. The average Bonchev–Trinajstić information content (AvgIpc) is 2.39. The van der Waals surface area contributed by atoms with Crippen LogP contribution in [0.5, 0.6) is 0 Å². The molecule has 0 fully saturated rings. The number of rotatable bonds is 8. The molecule has 0 aliphatic heterocycles. The summed E-state index contributed by atoms with van der Waals surface area (Å²) >= 11 is 5.10. The smallest absolute Gasteiger partial charge is 0.106 e. The van der Waals surface area contributed by atoms with Crippen molar-refractivity contribution in [3.8, 4) is 0 Å². The lowest BCUT2D eigenvalue weighted by molar-refractivity contribution is 0.269. The predicted molar refractivity (Wildman–Crippen MR) is 92.6 cm³/mol. The zero-order chi connectivity index (χ0) is 15.1. The first-order valence-electron chi connectivity index (χ1n) is 7.27. The van der Waals surface area contributed by atoms with E-state index in [2.05, 4.69) is 44.1 Å². The van der Waals surface area contributed by atoms with Gasteiger partial charge in [0, 0.05) is 23.8 Å². The molecule has 0 spiro atoms. The minimum Gasteiger partial charge on any atom is -0.389 e. The Labute approximate surface area is 128 Å². The van der Waals surface area contributed by atoms with Gasteiger partial charge in [-0.15, -0.1) is 0 Å². The third kappa shape index (κ3) is 5.10. The Morgan fingerprint density at radius 2 is 2.05 bits per heavy atom. The van der Waals surface area contributed by atoms with E-state index in [1.165, 1.54) is 12.0 Å². The number of nitrogens with one attached hydrogen (secondary N) is 1. The number of benzene rings is 1. The fourth-order valence-electron chi connectivity index (χ4n) is 2.07. The Kier molecular flexibility index (Phi) is 6.96. The van der Waals surface area contributed by atoms with Crippen molar-refractivity contribution in [1.82, 2.24) is 4.90 Å². The third-order valence-electron chi connectivity index (χ3n) is 3.66. The van der Waals surface area contributed by atoms with Crippen molar-refractivity contribution >= 4 is 22.9 Å². The van der Waals surface area contributed by atoms with Crippen LogP contribution in [0, 0.1) is 6.92 Å². The van der Waals surface area contributed by atoms with Crippen LogP contribution < -0.4 is 11.1 Å². The molecule has 0 saturated carbocycles. The van der Waals surface area contributed by atoms with Crippen LogP contribution in [0.2, 0.25) is 0 Å². The van der Waals surface area contributed by atoms with Crippen molar-refractivity contribution in [2.75, 3.05) is 25.5 Å². The Balaban J connectivity index is 2.45. The molecular weight excluding hydrogens is 266 g/mol. The second-order valence-electron chi connectivity index (χ2n) is 5.57. The fourth-order valence-corrected chi connectivity index (χ4v) is 2.24. The zero-order valence-corrected chi connectivity index (χ0v) is 13.9. The molecule has 3 nitrogen and oxygen atoms in total. The van der Waals surface area contributed by atoms with E-state index in [1.807, 2.05) is 12.1 Å². The van der Waals surface area contributed by atoms with Crippen LogP contribution in [0.1, 0.15) is 37.8 Å².